The van der Waals surface area contributed by atoms with E-state index in [-0.39, 0.29) is 12.5 Å². The summed E-state index contributed by atoms with van der Waals surface area (Å²) >= 11 is 0. The fraction of sp³-hybridized carbons (Fsp3) is 1.00. The van der Waals surface area contributed by atoms with E-state index in [0.717, 1.165) is 0 Å². The molecule has 0 spiro atoms. The molecule has 5 heteroatoms. The average molecular weight is 170 g/mol. The Morgan fingerprint density at radius 1 is 1.60 bits per heavy atom. The highest BCUT2D eigenvalue weighted by molar-refractivity contribution is 7.86. The molecule has 0 saturated carbocycles. The van der Waals surface area contributed by atoms with Gasteiger partial charge in [0.05, 0.1) is 11.9 Å². The van der Waals surface area contributed by atoms with Gasteiger partial charge < -0.3 is 4.74 Å². The van der Waals surface area contributed by atoms with Gasteiger partial charge in [-0.05, 0) is 13.3 Å². The SMILES string of the molecule is COC(C)CCS(=O)(=O)F. The zero-order chi connectivity index (χ0) is 8.20. The molecule has 0 aliphatic rings. The van der Waals surface area contributed by atoms with Gasteiger partial charge in [-0.1, -0.05) is 0 Å². The maximum atomic E-state index is 11.8. The molecule has 0 aliphatic carbocycles. The standard InChI is InChI=1S/C5H11FO3S/c1-5(9-2)3-4-10(6,7)8/h5H,3-4H2,1-2H3. The number of hydrogen-bond donors (Lipinski definition) is 0. The van der Waals surface area contributed by atoms with Gasteiger partial charge in [0.25, 0.3) is 0 Å². The van der Waals surface area contributed by atoms with Crippen molar-refractivity contribution in [1.82, 2.24) is 0 Å². The summed E-state index contributed by atoms with van der Waals surface area (Å²) in [5, 5.41) is 0. The predicted octanol–water partition coefficient (Wildman–Crippen LogP) is 0.711. The van der Waals surface area contributed by atoms with Crippen LogP contribution < -0.4 is 0 Å². The quantitative estimate of drug-likeness (QED) is 0.583. The lowest BCUT2D eigenvalue weighted by Gasteiger charge is -2.05. The number of hydrogen-bond acceptors (Lipinski definition) is 3. The lowest BCUT2D eigenvalue weighted by molar-refractivity contribution is 0.115. The van der Waals surface area contributed by atoms with Crippen LogP contribution in [-0.2, 0) is 15.0 Å². The first-order valence-corrected chi connectivity index (χ1v) is 4.46. The Balaban J connectivity index is 3.56. The van der Waals surface area contributed by atoms with Gasteiger partial charge in [-0.25, -0.2) is 0 Å². The van der Waals surface area contributed by atoms with E-state index < -0.39 is 16.0 Å². The van der Waals surface area contributed by atoms with E-state index in [1.165, 1.54) is 7.11 Å². The number of rotatable bonds is 4. The first kappa shape index (κ1) is 9.84. The van der Waals surface area contributed by atoms with E-state index >= 15 is 0 Å². The summed E-state index contributed by atoms with van der Waals surface area (Å²) in [5.74, 6) is -0.456. The second kappa shape index (κ2) is 3.88. The van der Waals surface area contributed by atoms with Gasteiger partial charge in [0.15, 0.2) is 0 Å². The van der Waals surface area contributed by atoms with Crippen molar-refractivity contribution in [2.24, 2.45) is 0 Å². The summed E-state index contributed by atoms with van der Waals surface area (Å²) in [6, 6.07) is 0. The lowest BCUT2D eigenvalue weighted by atomic mass is 10.3. The van der Waals surface area contributed by atoms with Crippen molar-refractivity contribution in [2.45, 2.75) is 19.4 Å². The normalized spacial score (nSPS) is 15.1. The number of ether oxygens (including phenoxy) is 1. The third kappa shape index (κ3) is 5.97. The molecule has 0 amide bonds. The van der Waals surface area contributed by atoms with Crippen molar-refractivity contribution in [2.75, 3.05) is 12.9 Å². The van der Waals surface area contributed by atoms with Gasteiger partial charge in [0, 0.05) is 7.11 Å². The minimum Gasteiger partial charge on any atom is -0.382 e. The van der Waals surface area contributed by atoms with Crippen LogP contribution in [0.15, 0.2) is 0 Å². The van der Waals surface area contributed by atoms with E-state index in [4.69, 9.17) is 4.74 Å². The molecule has 3 nitrogen and oxygen atoms in total. The first-order valence-electron chi connectivity index (χ1n) is 2.91. The maximum Gasteiger partial charge on any atom is 0.302 e. The smallest absolute Gasteiger partial charge is 0.302 e. The van der Waals surface area contributed by atoms with E-state index in [2.05, 4.69) is 0 Å². The highest BCUT2D eigenvalue weighted by atomic mass is 32.3. The number of halogens is 1. The van der Waals surface area contributed by atoms with Crippen LogP contribution in [0.2, 0.25) is 0 Å². The van der Waals surface area contributed by atoms with E-state index in [9.17, 15) is 12.3 Å². The summed E-state index contributed by atoms with van der Waals surface area (Å²) in [6.07, 6.45) is 0.000486. The van der Waals surface area contributed by atoms with Gasteiger partial charge in [0.2, 0.25) is 0 Å². The van der Waals surface area contributed by atoms with Crippen LogP contribution in [0.5, 0.6) is 0 Å². The van der Waals surface area contributed by atoms with E-state index in [1.54, 1.807) is 6.92 Å². The molecule has 0 fully saturated rings. The van der Waals surface area contributed by atoms with Crippen molar-refractivity contribution >= 4 is 10.2 Å². The summed E-state index contributed by atoms with van der Waals surface area (Å²) in [7, 11) is -2.86. The van der Waals surface area contributed by atoms with Crippen LogP contribution in [0.3, 0.4) is 0 Å². The van der Waals surface area contributed by atoms with Crippen molar-refractivity contribution in [3.63, 3.8) is 0 Å². The van der Waals surface area contributed by atoms with Crippen LogP contribution in [-0.4, -0.2) is 27.4 Å². The monoisotopic (exact) mass is 170 g/mol. The highest BCUT2D eigenvalue weighted by Crippen LogP contribution is 2.00. The lowest BCUT2D eigenvalue weighted by Crippen LogP contribution is -2.10. The Kier molecular flexibility index (Phi) is 3.81. The minimum absolute atomic E-state index is 0.203. The van der Waals surface area contributed by atoms with Crippen LogP contribution in [0, 0.1) is 0 Å². The van der Waals surface area contributed by atoms with Crippen LogP contribution >= 0.6 is 0 Å². The Morgan fingerprint density at radius 3 is 2.40 bits per heavy atom. The van der Waals surface area contributed by atoms with Crippen LogP contribution in [0.4, 0.5) is 3.89 Å². The van der Waals surface area contributed by atoms with Crippen LogP contribution in [0.1, 0.15) is 13.3 Å². The fourth-order valence-electron chi connectivity index (χ4n) is 0.425. The van der Waals surface area contributed by atoms with E-state index in [1.807, 2.05) is 0 Å². The molecular formula is C5H11FO3S. The largest absolute Gasteiger partial charge is 0.382 e. The zero-order valence-corrected chi connectivity index (χ0v) is 6.82. The Labute approximate surface area is 60.4 Å². The summed E-state index contributed by atoms with van der Waals surface area (Å²) in [6.45, 7) is 1.69. The Morgan fingerprint density at radius 2 is 2.10 bits per heavy atom. The Hall–Kier alpha value is -0.160. The van der Waals surface area contributed by atoms with Crippen molar-refractivity contribution in [3.05, 3.63) is 0 Å². The molecule has 0 N–H and O–H groups in total. The third-order valence-corrected chi connectivity index (χ3v) is 1.89. The summed E-state index contributed by atoms with van der Waals surface area (Å²) in [4.78, 5) is 0. The van der Waals surface area contributed by atoms with Crippen LogP contribution in [0.25, 0.3) is 0 Å². The molecule has 0 aromatic heterocycles. The van der Waals surface area contributed by atoms with Crippen molar-refractivity contribution < 1.29 is 17.0 Å². The molecule has 0 aliphatic heterocycles. The molecule has 0 bridgehead atoms. The number of methoxy groups -OCH3 is 1. The second-order valence-corrected chi connectivity index (χ2v) is 3.56. The molecule has 0 aromatic rings. The fourth-order valence-corrected chi connectivity index (χ4v) is 1.04. The van der Waals surface area contributed by atoms with Gasteiger partial charge >= 0.3 is 10.2 Å². The molecule has 10 heavy (non-hydrogen) atoms. The maximum absolute atomic E-state index is 11.8. The highest BCUT2D eigenvalue weighted by Gasteiger charge is 2.09. The molecule has 0 radical (unpaired) electrons. The Bertz CT molecular complexity index is 175. The van der Waals surface area contributed by atoms with E-state index in [0.29, 0.717) is 0 Å². The molecule has 0 saturated heterocycles. The molecule has 0 heterocycles. The van der Waals surface area contributed by atoms with Crippen molar-refractivity contribution in [1.29, 1.82) is 0 Å². The predicted molar refractivity (Wildman–Crippen MR) is 36.0 cm³/mol. The zero-order valence-electron chi connectivity index (χ0n) is 6.00. The summed E-state index contributed by atoms with van der Waals surface area (Å²) < 4.78 is 36.4. The second-order valence-electron chi connectivity index (χ2n) is 2.08. The minimum atomic E-state index is -4.31. The molecule has 0 rings (SSSR count). The van der Waals surface area contributed by atoms with Gasteiger partial charge in [-0.3, -0.25) is 0 Å². The average Bonchev–Trinajstić information content (AvgIpc) is 1.81. The molecule has 1 unspecified atom stereocenters. The van der Waals surface area contributed by atoms with Crippen molar-refractivity contribution in [3.8, 4) is 0 Å². The topological polar surface area (TPSA) is 43.4 Å². The molecule has 62 valence electrons. The third-order valence-electron chi connectivity index (χ3n) is 1.17. The first-order chi connectivity index (χ1) is 4.45. The molecule has 0 aromatic carbocycles. The van der Waals surface area contributed by atoms with Gasteiger partial charge in [-0.2, -0.15) is 8.42 Å². The van der Waals surface area contributed by atoms with Gasteiger partial charge in [0.1, 0.15) is 0 Å². The van der Waals surface area contributed by atoms with Gasteiger partial charge in [-0.15, -0.1) is 3.89 Å². The summed E-state index contributed by atoms with van der Waals surface area (Å²) in [5.41, 5.74) is 0. The molecular weight excluding hydrogens is 159 g/mol. The molecule has 1 atom stereocenters.